The number of anilines is 1. The second-order valence-electron chi connectivity index (χ2n) is 2.97. The summed E-state index contributed by atoms with van der Waals surface area (Å²) in [6, 6.07) is 2.15. The quantitative estimate of drug-likeness (QED) is 0.761. The zero-order chi connectivity index (χ0) is 9.84. The van der Waals surface area contributed by atoms with E-state index in [0.717, 1.165) is 24.5 Å². The Morgan fingerprint density at radius 2 is 2.31 bits per heavy atom. The number of nitrogens with zero attached hydrogens (tertiary/aromatic N) is 3. The minimum atomic E-state index is 0.649. The largest absolute Gasteiger partial charge is 0.369 e. The summed E-state index contributed by atoms with van der Waals surface area (Å²) in [7, 11) is 1.84. The average Bonchev–Trinajstić information content (AvgIpc) is 2.37. The second-order valence-corrected chi connectivity index (χ2v) is 2.97. The van der Waals surface area contributed by atoms with Gasteiger partial charge in [-0.15, -0.1) is 0 Å². The van der Waals surface area contributed by atoms with Gasteiger partial charge in [0.15, 0.2) is 0 Å². The molecule has 0 amide bonds. The van der Waals surface area contributed by atoms with E-state index < -0.39 is 0 Å². The van der Waals surface area contributed by atoms with Crippen LogP contribution in [0.15, 0.2) is 0 Å². The van der Waals surface area contributed by atoms with Crippen LogP contribution in [0.2, 0.25) is 0 Å². The molecule has 13 heavy (non-hydrogen) atoms. The third-order valence-electron chi connectivity index (χ3n) is 1.88. The normalized spacial score (nSPS) is 9.69. The van der Waals surface area contributed by atoms with E-state index in [1.807, 2.05) is 14.0 Å². The third-order valence-corrected chi connectivity index (χ3v) is 1.88. The van der Waals surface area contributed by atoms with Crippen LogP contribution >= 0.6 is 0 Å². The summed E-state index contributed by atoms with van der Waals surface area (Å²) in [4.78, 5) is 0. The molecule has 1 heterocycles. The second kappa shape index (κ2) is 3.94. The van der Waals surface area contributed by atoms with Gasteiger partial charge in [0, 0.05) is 13.6 Å². The summed E-state index contributed by atoms with van der Waals surface area (Å²) in [6.45, 7) is 4.80. The maximum absolute atomic E-state index is 8.87. The maximum atomic E-state index is 8.87. The average molecular weight is 178 g/mol. The van der Waals surface area contributed by atoms with Crippen molar-refractivity contribution in [2.45, 2.75) is 20.3 Å². The predicted molar refractivity (Wildman–Crippen MR) is 51.4 cm³/mol. The molecule has 1 aromatic heterocycles. The number of aryl methyl sites for hydroxylation is 2. The number of nitriles is 1. The number of rotatable bonds is 3. The lowest BCUT2D eigenvalue weighted by molar-refractivity contribution is 0.756. The molecule has 0 radical (unpaired) electrons. The number of hydrogen-bond donors (Lipinski definition) is 1. The number of hydrogen-bond acceptors (Lipinski definition) is 3. The van der Waals surface area contributed by atoms with Crippen LogP contribution in [0.4, 0.5) is 5.82 Å². The lowest BCUT2D eigenvalue weighted by Crippen LogP contribution is -2.06. The van der Waals surface area contributed by atoms with Gasteiger partial charge in [0.2, 0.25) is 0 Å². The van der Waals surface area contributed by atoms with E-state index >= 15 is 0 Å². The molecule has 0 atom stereocenters. The van der Waals surface area contributed by atoms with Crippen LogP contribution < -0.4 is 5.32 Å². The standard InChI is InChI=1S/C9H14N4/c1-4-5-11-9-8(6-10)7(2)12-13(9)3/h11H,4-5H2,1-3H3. The van der Waals surface area contributed by atoms with E-state index in [4.69, 9.17) is 5.26 Å². The van der Waals surface area contributed by atoms with Gasteiger partial charge in [-0.3, -0.25) is 4.68 Å². The van der Waals surface area contributed by atoms with Gasteiger partial charge in [0.1, 0.15) is 17.5 Å². The summed E-state index contributed by atoms with van der Waals surface area (Å²) >= 11 is 0. The molecule has 1 aromatic rings. The van der Waals surface area contributed by atoms with Gasteiger partial charge >= 0.3 is 0 Å². The predicted octanol–water partition coefficient (Wildman–Crippen LogP) is 1.42. The van der Waals surface area contributed by atoms with Crippen molar-refractivity contribution < 1.29 is 0 Å². The fourth-order valence-electron chi connectivity index (χ4n) is 1.24. The summed E-state index contributed by atoms with van der Waals surface area (Å²) in [5.74, 6) is 0.821. The van der Waals surface area contributed by atoms with Crippen molar-refractivity contribution in [2.75, 3.05) is 11.9 Å². The topological polar surface area (TPSA) is 53.6 Å². The summed E-state index contributed by atoms with van der Waals surface area (Å²) < 4.78 is 1.71. The van der Waals surface area contributed by atoms with Crippen LogP contribution in [0.1, 0.15) is 24.6 Å². The van der Waals surface area contributed by atoms with Crippen molar-refractivity contribution in [3.05, 3.63) is 11.3 Å². The molecule has 0 unspecified atom stereocenters. The Balaban J connectivity index is 2.97. The van der Waals surface area contributed by atoms with Crippen LogP contribution in [-0.2, 0) is 7.05 Å². The molecule has 0 spiro atoms. The number of aromatic nitrogens is 2. The molecular formula is C9H14N4. The molecule has 4 heteroatoms. The van der Waals surface area contributed by atoms with Crippen molar-refractivity contribution in [3.63, 3.8) is 0 Å². The highest BCUT2D eigenvalue weighted by atomic mass is 15.3. The summed E-state index contributed by atoms with van der Waals surface area (Å²) in [5.41, 5.74) is 1.43. The van der Waals surface area contributed by atoms with Crippen LogP contribution in [0.5, 0.6) is 0 Å². The minimum Gasteiger partial charge on any atom is -0.369 e. The summed E-state index contributed by atoms with van der Waals surface area (Å²) in [5, 5.41) is 16.2. The molecule has 0 aliphatic rings. The smallest absolute Gasteiger partial charge is 0.142 e. The molecule has 70 valence electrons. The van der Waals surface area contributed by atoms with Gasteiger partial charge in [0.05, 0.1) is 5.69 Å². The van der Waals surface area contributed by atoms with Crippen molar-refractivity contribution in [1.29, 1.82) is 5.26 Å². The van der Waals surface area contributed by atoms with Gasteiger partial charge in [-0.1, -0.05) is 6.92 Å². The Hall–Kier alpha value is -1.50. The Bertz CT molecular complexity index is 332. The van der Waals surface area contributed by atoms with Crippen LogP contribution in [0.25, 0.3) is 0 Å². The highest BCUT2D eigenvalue weighted by Gasteiger charge is 2.11. The monoisotopic (exact) mass is 178 g/mol. The first kappa shape index (κ1) is 9.59. The lowest BCUT2D eigenvalue weighted by Gasteiger charge is -2.04. The molecule has 0 saturated heterocycles. The first-order valence-electron chi connectivity index (χ1n) is 4.38. The fraction of sp³-hybridized carbons (Fsp3) is 0.556. The Kier molecular flexibility index (Phi) is 2.91. The van der Waals surface area contributed by atoms with Crippen LogP contribution in [0.3, 0.4) is 0 Å². The van der Waals surface area contributed by atoms with E-state index in [1.165, 1.54) is 0 Å². The molecule has 0 aromatic carbocycles. The zero-order valence-electron chi connectivity index (χ0n) is 8.26. The van der Waals surface area contributed by atoms with Crippen molar-refractivity contribution in [2.24, 2.45) is 7.05 Å². The third kappa shape index (κ3) is 1.81. The molecule has 0 bridgehead atoms. The zero-order valence-corrected chi connectivity index (χ0v) is 8.26. The first-order chi connectivity index (χ1) is 6.20. The Morgan fingerprint density at radius 3 is 2.85 bits per heavy atom. The van der Waals surface area contributed by atoms with Crippen molar-refractivity contribution in [3.8, 4) is 6.07 Å². The summed E-state index contributed by atoms with van der Waals surface area (Å²) in [6.07, 6.45) is 1.04. The Labute approximate surface area is 78.2 Å². The molecule has 4 nitrogen and oxygen atoms in total. The van der Waals surface area contributed by atoms with Gasteiger partial charge in [-0.2, -0.15) is 10.4 Å². The molecule has 0 fully saturated rings. The molecule has 1 rings (SSSR count). The van der Waals surface area contributed by atoms with E-state index in [9.17, 15) is 0 Å². The van der Waals surface area contributed by atoms with E-state index in [0.29, 0.717) is 5.56 Å². The Morgan fingerprint density at radius 1 is 1.62 bits per heavy atom. The number of nitrogens with one attached hydrogen (secondary N) is 1. The van der Waals surface area contributed by atoms with Crippen LogP contribution in [-0.4, -0.2) is 16.3 Å². The molecule has 0 aliphatic heterocycles. The first-order valence-corrected chi connectivity index (χ1v) is 4.38. The van der Waals surface area contributed by atoms with Gasteiger partial charge in [-0.05, 0) is 13.3 Å². The van der Waals surface area contributed by atoms with Gasteiger partial charge in [-0.25, -0.2) is 0 Å². The van der Waals surface area contributed by atoms with Crippen molar-refractivity contribution >= 4 is 5.82 Å². The highest BCUT2D eigenvalue weighted by Crippen LogP contribution is 2.16. The fourth-order valence-corrected chi connectivity index (χ4v) is 1.24. The lowest BCUT2D eigenvalue weighted by atomic mass is 10.2. The van der Waals surface area contributed by atoms with Gasteiger partial charge < -0.3 is 5.32 Å². The van der Waals surface area contributed by atoms with Crippen molar-refractivity contribution in [1.82, 2.24) is 9.78 Å². The maximum Gasteiger partial charge on any atom is 0.142 e. The van der Waals surface area contributed by atoms with Crippen LogP contribution in [0, 0.1) is 18.3 Å². The van der Waals surface area contributed by atoms with E-state index in [2.05, 4.69) is 23.4 Å². The molecule has 0 aliphatic carbocycles. The highest BCUT2D eigenvalue weighted by molar-refractivity contribution is 5.54. The van der Waals surface area contributed by atoms with Gasteiger partial charge in [0.25, 0.3) is 0 Å². The molecule has 0 saturated carbocycles. The SMILES string of the molecule is CCCNc1c(C#N)c(C)nn1C. The molecule has 1 N–H and O–H groups in total. The van der Waals surface area contributed by atoms with E-state index in [-0.39, 0.29) is 0 Å². The minimum absolute atomic E-state index is 0.649. The van der Waals surface area contributed by atoms with E-state index in [1.54, 1.807) is 4.68 Å². The molecular weight excluding hydrogens is 164 g/mol.